The second kappa shape index (κ2) is 7.13. The fourth-order valence-corrected chi connectivity index (χ4v) is 1.41. The Morgan fingerprint density at radius 1 is 1.24 bits per heavy atom. The van der Waals surface area contributed by atoms with Gasteiger partial charge in [0.15, 0.2) is 5.78 Å². The van der Waals surface area contributed by atoms with E-state index in [-0.39, 0.29) is 17.9 Å². The van der Waals surface area contributed by atoms with E-state index in [9.17, 15) is 24.5 Å². The highest BCUT2D eigenvalue weighted by Crippen LogP contribution is 2.13. The number of non-ortho nitro benzene ring substituents is 1. The number of rotatable bonds is 6. The van der Waals surface area contributed by atoms with Gasteiger partial charge in [0, 0.05) is 12.1 Å². The van der Waals surface area contributed by atoms with Crippen LogP contribution in [0.25, 0.3) is 0 Å². The summed E-state index contributed by atoms with van der Waals surface area (Å²) < 4.78 is 9.41. The molecule has 0 fully saturated rings. The SMILES string of the molecule is CCOC(=O)C(OC(=O)c1ccc([N+](=O)[O-])cc1)C(C)=O. The summed E-state index contributed by atoms with van der Waals surface area (Å²) in [6, 6.07) is 4.57. The van der Waals surface area contributed by atoms with Gasteiger partial charge >= 0.3 is 11.9 Å². The molecule has 0 heterocycles. The van der Waals surface area contributed by atoms with Crippen molar-refractivity contribution in [3.63, 3.8) is 0 Å². The summed E-state index contributed by atoms with van der Waals surface area (Å²) in [7, 11) is 0. The molecule has 0 saturated heterocycles. The molecule has 0 aliphatic heterocycles. The molecule has 1 aromatic carbocycles. The van der Waals surface area contributed by atoms with E-state index < -0.39 is 28.7 Å². The van der Waals surface area contributed by atoms with E-state index in [1.54, 1.807) is 6.92 Å². The third kappa shape index (κ3) is 4.37. The first-order valence-electron chi connectivity index (χ1n) is 5.99. The Labute approximate surface area is 119 Å². The Morgan fingerprint density at radius 3 is 2.24 bits per heavy atom. The van der Waals surface area contributed by atoms with E-state index in [0.29, 0.717) is 0 Å². The minimum absolute atomic E-state index is 0.0175. The molecule has 0 radical (unpaired) electrons. The highest BCUT2D eigenvalue weighted by Gasteiger charge is 2.29. The van der Waals surface area contributed by atoms with Crippen molar-refractivity contribution in [2.75, 3.05) is 6.61 Å². The lowest BCUT2D eigenvalue weighted by Crippen LogP contribution is -2.35. The molecular formula is C13H13NO7. The normalized spacial score (nSPS) is 11.3. The van der Waals surface area contributed by atoms with E-state index in [0.717, 1.165) is 19.1 Å². The van der Waals surface area contributed by atoms with Gasteiger partial charge in [0.25, 0.3) is 11.8 Å². The summed E-state index contributed by atoms with van der Waals surface area (Å²) >= 11 is 0. The molecule has 112 valence electrons. The fourth-order valence-electron chi connectivity index (χ4n) is 1.41. The second-order valence-electron chi connectivity index (χ2n) is 3.95. The minimum atomic E-state index is -1.65. The van der Waals surface area contributed by atoms with Gasteiger partial charge in [0.2, 0.25) is 0 Å². The predicted octanol–water partition coefficient (Wildman–Crippen LogP) is 1.27. The smallest absolute Gasteiger partial charge is 0.355 e. The third-order valence-corrected chi connectivity index (χ3v) is 2.41. The van der Waals surface area contributed by atoms with Gasteiger partial charge in [0.1, 0.15) is 0 Å². The average molecular weight is 295 g/mol. The summed E-state index contributed by atoms with van der Waals surface area (Å²) in [5.74, 6) is -2.58. The van der Waals surface area contributed by atoms with E-state index in [1.807, 2.05) is 0 Å². The molecular weight excluding hydrogens is 282 g/mol. The Balaban J connectivity index is 2.84. The largest absolute Gasteiger partial charge is 0.463 e. The van der Waals surface area contributed by atoms with Crippen LogP contribution in [0.4, 0.5) is 5.69 Å². The predicted molar refractivity (Wildman–Crippen MR) is 69.6 cm³/mol. The standard InChI is InChI=1S/C13H13NO7/c1-3-20-13(17)11(8(2)15)21-12(16)9-4-6-10(7-5-9)14(18)19/h4-7,11H,3H2,1-2H3. The first kappa shape index (κ1) is 16.3. The molecule has 21 heavy (non-hydrogen) atoms. The third-order valence-electron chi connectivity index (χ3n) is 2.41. The van der Waals surface area contributed by atoms with Gasteiger partial charge in [0.05, 0.1) is 17.1 Å². The lowest BCUT2D eigenvalue weighted by atomic mass is 10.2. The molecule has 1 atom stereocenters. The van der Waals surface area contributed by atoms with Crippen molar-refractivity contribution in [2.45, 2.75) is 20.0 Å². The van der Waals surface area contributed by atoms with Crippen LogP contribution >= 0.6 is 0 Å². The number of esters is 2. The van der Waals surface area contributed by atoms with Crippen LogP contribution in [0.15, 0.2) is 24.3 Å². The maximum absolute atomic E-state index is 11.8. The van der Waals surface area contributed by atoms with E-state index >= 15 is 0 Å². The number of hydrogen-bond donors (Lipinski definition) is 0. The zero-order valence-electron chi connectivity index (χ0n) is 11.4. The first-order valence-corrected chi connectivity index (χ1v) is 5.99. The second-order valence-corrected chi connectivity index (χ2v) is 3.95. The van der Waals surface area contributed by atoms with Crippen LogP contribution in [0, 0.1) is 10.1 Å². The summed E-state index contributed by atoms with van der Waals surface area (Å²) in [6.45, 7) is 2.68. The van der Waals surface area contributed by atoms with Gasteiger partial charge in [-0.1, -0.05) is 0 Å². The first-order chi connectivity index (χ1) is 9.86. The quantitative estimate of drug-likeness (QED) is 0.336. The Morgan fingerprint density at radius 2 is 1.81 bits per heavy atom. The number of benzene rings is 1. The molecule has 0 amide bonds. The molecule has 0 bridgehead atoms. The minimum Gasteiger partial charge on any atom is -0.463 e. The topological polar surface area (TPSA) is 113 Å². The van der Waals surface area contributed by atoms with Crippen molar-refractivity contribution < 1.29 is 28.8 Å². The van der Waals surface area contributed by atoms with Crippen molar-refractivity contribution >= 4 is 23.4 Å². The highest BCUT2D eigenvalue weighted by atomic mass is 16.6. The molecule has 0 saturated carbocycles. The van der Waals surface area contributed by atoms with Crippen molar-refractivity contribution in [3.05, 3.63) is 39.9 Å². The number of ketones is 1. The van der Waals surface area contributed by atoms with Crippen molar-refractivity contribution in [1.82, 2.24) is 0 Å². The fraction of sp³-hybridized carbons (Fsp3) is 0.308. The number of Topliss-reactive ketones (excluding diaryl/α,β-unsaturated/α-hetero) is 1. The number of hydrogen-bond acceptors (Lipinski definition) is 7. The maximum atomic E-state index is 11.8. The van der Waals surface area contributed by atoms with Crippen LogP contribution in [0.5, 0.6) is 0 Å². The molecule has 1 rings (SSSR count). The van der Waals surface area contributed by atoms with Gasteiger partial charge in [-0.25, -0.2) is 9.59 Å². The van der Waals surface area contributed by atoms with E-state index in [4.69, 9.17) is 4.74 Å². The molecule has 0 aromatic heterocycles. The van der Waals surface area contributed by atoms with Crippen LogP contribution in [-0.4, -0.2) is 35.4 Å². The molecule has 1 aromatic rings. The van der Waals surface area contributed by atoms with E-state index in [2.05, 4.69) is 4.74 Å². The molecule has 0 N–H and O–H groups in total. The van der Waals surface area contributed by atoms with Crippen molar-refractivity contribution in [1.29, 1.82) is 0 Å². The monoisotopic (exact) mass is 295 g/mol. The molecule has 8 heteroatoms. The Hall–Kier alpha value is -2.77. The molecule has 8 nitrogen and oxygen atoms in total. The van der Waals surface area contributed by atoms with Gasteiger partial charge in [-0.05, 0) is 26.0 Å². The number of carbonyl (C=O) groups excluding carboxylic acids is 3. The van der Waals surface area contributed by atoms with Crippen molar-refractivity contribution in [3.8, 4) is 0 Å². The lowest BCUT2D eigenvalue weighted by molar-refractivity contribution is -0.384. The van der Waals surface area contributed by atoms with Crippen LogP contribution in [0.3, 0.4) is 0 Å². The number of ether oxygens (including phenoxy) is 2. The van der Waals surface area contributed by atoms with Gasteiger partial charge in [-0.2, -0.15) is 0 Å². The van der Waals surface area contributed by atoms with E-state index in [1.165, 1.54) is 12.1 Å². The molecule has 0 aliphatic rings. The Bertz CT molecular complexity index is 564. The summed E-state index contributed by atoms with van der Waals surface area (Å²) in [5.41, 5.74) is -0.212. The summed E-state index contributed by atoms with van der Waals surface area (Å²) in [4.78, 5) is 44.5. The van der Waals surface area contributed by atoms with Crippen LogP contribution in [0.1, 0.15) is 24.2 Å². The van der Waals surface area contributed by atoms with Crippen LogP contribution in [0.2, 0.25) is 0 Å². The molecule has 1 unspecified atom stereocenters. The highest BCUT2D eigenvalue weighted by molar-refractivity contribution is 6.03. The summed E-state index contributed by atoms with van der Waals surface area (Å²) in [6.07, 6.45) is -1.65. The average Bonchev–Trinajstić information content (AvgIpc) is 2.44. The number of carbonyl (C=O) groups is 3. The Kier molecular flexibility index (Phi) is 5.53. The van der Waals surface area contributed by atoms with Gasteiger partial charge < -0.3 is 9.47 Å². The van der Waals surface area contributed by atoms with Crippen molar-refractivity contribution in [2.24, 2.45) is 0 Å². The maximum Gasteiger partial charge on any atom is 0.355 e. The van der Waals surface area contributed by atoms with Crippen LogP contribution < -0.4 is 0 Å². The zero-order chi connectivity index (χ0) is 16.0. The lowest BCUT2D eigenvalue weighted by Gasteiger charge is -2.13. The summed E-state index contributed by atoms with van der Waals surface area (Å²) in [5, 5.41) is 10.5. The zero-order valence-corrected chi connectivity index (χ0v) is 11.4. The van der Waals surface area contributed by atoms with Gasteiger partial charge in [-0.15, -0.1) is 0 Å². The number of nitro groups is 1. The molecule has 0 spiro atoms. The molecule has 0 aliphatic carbocycles. The van der Waals surface area contributed by atoms with Crippen LogP contribution in [-0.2, 0) is 19.1 Å². The number of nitro benzene ring substituents is 1. The number of nitrogens with zero attached hydrogens (tertiary/aromatic N) is 1. The van der Waals surface area contributed by atoms with Gasteiger partial charge in [-0.3, -0.25) is 14.9 Å².